The van der Waals surface area contributed by atoms with Crippen molar-refractivity contribution in [3.8, 4) is 0 Å². The number of hydrogen-bond donors (Lipinski definition) is 1. The predicted molar refractivity (Wildman–Crippen MR) is 116 cm³/mol. The van der Waals surface area contributed by atoms with Crippen molar-refractivity contribution in [3.05, 3.63) is 71.5 Å². The molecule has 0 spiro atoms. The van der Waals surface area contributed by atoms with Gasteiger partial charge in [-0.25, -0.2) is 4.39 Å². The average molecular weight is 411 g/mol. The van der Waals surface area contributed by atoms with Gasteiger partial charge >= 0.3 is 0 Å². The van der Waals surface area contributed by atoms with Gasteiger partial charge in [-0.05, 0) is 42.0 Å². The molecule has 30 heavy (non-hydrogen) atoms. The van der Waals surface area contributed by atoms with Gasteiger partial charge in [-0.3, -0.25) is 9.59 Å². The van der Waals surface area contributed by atoms with Crippen molar-refractivity contribution in [2.75, 3.05) is 19.6 Å². The number of likely N-dealkylation sites (tertiary alicyclic amines) is 1. The van der Waals surface area contributed by atoms with Crippen molar-refractivity contribution in [1.29, 1.82) is 0 Å². The van der Waals surface area contributed by atoms with Crippen LogP contribution in [0.2, 0.25) is 0 Å². The van der Waals surface area contributed by atoms with Crippen molar-refractivity contribution in [2.45, 2.75) is 39.0 Å². The average Bonchev–Trinajstić information content (AvgIpc) is 2.76. The summed E-state index contributed by atoms with van der Waals surface area (Å²) in [6, 6.07) is 16.3. The van der Waals surface area contributed by atoms with Crippen LogP contribution in [0.1, 0.15) is 43.7 Å². The van der Waals surface area contributed by atoms with E-state index in [4.69, 9.17) is 0 Å². The van der Waals surface area contributed by atoms with Gasteiger partial charge in [0.15, 0.2) is 0 Å². The van der Waals surface area contributed by atoms with Gasteiger partial charge in [0.2, 0.25) is 11.8 Å². The minimum absolute atomic E-state index is 0.0107. The molecule has 4 nitrogen and oxygen atoms in total. The third-order valence-corrected chi connectivity index (χ3v) is 5.94. The summed E-state index contributed by atoms with van der Waals surface area (Å²) in [6.45, 7) is 6.05. The summed E-state index contributed by atoms with van der Waals surface area (Å²) in [5.41, 5.74) is 2.02. The van der Waals surface area contributed by atoms with Gasteiger partial charge in [0.25, 0.3) is 0 Å². The Morgan fingerprint density at radius 1 is 1.10 bits per heavy atom. The summed E-state index contributed by atoms with van der Waals surface area (Å²) in [5, 5.41) is 3.13. The van der Waals surface area contributed by atoms with Gasteiger partial charge in [-0.2, -0.15) is 0 Å². The van der Waals surface area contributed by atoms with Crippen LogP contribution in [0.25, 0.3) is 0 Å². The number of nitrogens with zero attached hydrogens (tertiary/aromatic N) is 1. The Bertz CT molecular complexity index is 836. The highest BCUT2D eigenvalue weighted by atomic mass is 19.1. The van der Waals surface area contributed by atoms with Gasteiger partial charge < -0.3 is 10.2 Å². The maximum atomic E-state index is 13.1. The summed E-state index contributed by atoms with van der Waals surface area (Å²) in [6.07, 6.45) is 1.85. The van der Waals surface area contributed by atoms with Crippen LogP contribution >= 0.6 is 0 Å². The van der Waals surface area contributed by atoms with Crippen molar-refractivity contribution < 1.29 is 14.0 Å². The van der Waals surface area contributed by atoms with Crippen molar-refractivity contribution in [3.63, 3.8) is 0 Å². The van der Waals surface area contributed by atoms with E-state index in [9.17, 15) is 14.0 Å². The molecule has 1 heterocycles. The van der Waals surface area contributed by atoms with Gasteiger partial charge in [0.1, 0.15) is 5.82 Å². The van der Waals surface area contributed by atoms with E-state index >= 15 is 0 Å². The van der Waals surface area contributed by atoms with Crippen LogP contribution in [0.5, 0.6) is 0 Å². The van der Waals surface area contributed by atoms with Crippen LogP contribution < -0.4 is 5.32 Å². The zero-order valence-corrected chi connectivity index (χ0v) is 17.8. The maximum Gasteiger partial charge on any atom is 0.227 e. The minimum Gasteiger partial charge on any atom is -0.355 e. The molecular formula is C25H31FN2O2. The molecule has 0 aliphatic carbocycles. The standard InChI is InChI=1S/C25H31FN2O2/c1-18(2)23(20-7-4-3-5-8-20)16-27-25(30)21-9-6-14-28(17-21)24(29)15-19-10-12-22(26)13-11-19/h3-5,7-8,10-13,18,21,23H,6,9,14-17H2,1-2H3,(H,27,30). The maximum absolute atomic E-state index is 13.1. The quantitative estimate of drug-likeness (QED) is 0.745. The number of carbonyl (C=O) groups excluding carboxylic acids is 2. The fourth-order valence-electron chi connectivity index (χ4n) is 4.10. The molecule has 5 heteroatoms. The lowest BCUT2D eigenvalue weighted by atomic mass is 9.88. The third kappa shape index (κ3) is 5.91. The first-order valence-electron chi connectivity index (χ1n) is 10.8. The molecule has 0 bridgehead atoms. The number of nitrogens with one attached hydrogen (secondary N) is 1. The van der Waals surface area contributed by atoms with Crippen LogP contribution in [-0.4, -0.2) is 36.3 Å². The first-order chi connectivity index (χ1) is 14.4. The van der Waals surface area contributed by atoms with Gasteiger partial charge in [0, 0.05) is 25.6 Å². The molecule has 0 aromatic heterocycles. The van der Waals surface area contributed by atoms with Crippen LogP contribution in [0, 0.1) is 17.7 Å². The summed E-state index contributed by atoms with van der Waals surface area (Å²) >= 11 is 0. The fraction of sp³-hybridized carbons (Fsp3) is 0.440. The molecule has 0 radical (unpaired) electrons. The molecule has 1 N–H and O–H groups in total. The van der Waals surface area contributed by atoms with E-state index in [0.29, 0.717) is 25.6 Å². The molecule has 2 aromatic rings. The predicted octanol–water partition coefficient (Wildman–Crippen LogP) is 4.16. The van der Waals surface area contributed by atoms with Gasteiger partial charge in [0.05, 0.1) is 12.3 Å². The molecule has 1 aliphatic rings. The Balaban J connectivity index is 1.54. The molecule has 2 aromatic carbocycles. The molecule has 0 saturated carbocycles. The lowest BCUT2D eigenvalue weighted by molar-refractivity contribution is -0.135. The molecule has 2 unspecified atom stereocenters. The summed E-state index contributed by atoms with van der Waals surface area (Å²) < 4.78 is 13.1. The number of amides is 2. The molecule has 1 aliphatic heterocycles. The Kier molecular flexibility index (Phi) is 7.61. The Hall–Kier alpha value is -2.69. The van der Waals surface area contributed by atoms with E-state index in [1.807, 2.05) is 18.2 Å². The topological polar surface area (TPSA) is 49.4 Å². The largest absolute Gasteiger partial charge is 0.355 e. The Morgan fingerprint density at radius 3 is 2.47 bits per heavy atom. The number of rotatable bonds is 7. The first kappa shape index (κ1) is 22.0. The first-order valence-corrected chi connectivity index (χ1v) is 10.8. The van der Waals surface area contributed by atoms with Crippen molar-refractivity contribution >= 4 is 11.8 Å². The van der Waals surface area contributed by atoms with Crippen LogP contribution in [0.4, 0.5) is 4.39 Å². The second-order valence-electron chi connectivity index (χ2n) is 8.49. The lowest BCUT2D eigenvalue weighted by Crippen LogP contribution is -2.46. The van der Waals surface area contributed by atoms with E-state index in [2.05, 4.69) is 31.3 Å². The van der Waals surface area contributed by atoms with E-state index in [1.54, 1.807) is 17.0 Å². The number of benzene rings is 2. The van der Waals surface area contributed by atoms with Crippen molar-refractivity contribution in [1.82, 2.24) is 10.2 Å². The zero-order valence-electron chi connectivity index (χ0n) is 17.8. The van der Waals surface area contributed by atoms with Crippen LogP contribution in [-0.2, 0) is 16.0 Å². The van der Waals surface area contributed by atoms with Crippen LogP contribution in [0.15, 0.2) is 54.6 Å². The second kappa shape index (κ2) is 10.4. The smallest absolute Gasteiger partial charge is 0.227 e. The van der Waals surface area contributed by atoms with E-state index in [0.717, 1.165) is 18.4 Å². The van der Waals surface area contributed by atoms with E-state index in [1.165, 1.54) is 17.7 Å². The third-order valence-electron chi connectivity index (χ3n) is 5.94. The monoisotopic (exact) mass is 410 g/mol. The molecule has 3 rings (SSSR count). The van der Waals surface area contributed by atoms with Crippen molar-refractivity contribution in [2.24, 2.45) is 11.8 Å². The summed E-state index contributed by atoms with van der Waals surface area (Å²) in [5.74, 6) is 0.192. The van der Waals surface area contributed by atoms with Gasteiger partial charge in [-0.1, -0.05) is 56.3 Å². The number of piperidine rings is 1. The molecular weight excluding hydrogens is 379 g/mol. The fourth-order valence-corrected chi connectivity index (χ4v) is 4.10. The molecule has 1 saturated heterocycles. The number of hydrogen-bond acceptors (Lipinski definition) is 2. The normalized spacial score (nSPS) is 17.6. The summed E-state index contributed by atoms with van der Waals surface area (Å²) in [7, 11) is 0. The highest BCUT2D eigenvalue weighted by Crippen LogP contribution is 2.24. The zero-order chi connectivity index (χ0) is 21.5. The Labute approximate surface area is 178 Å². The number of carbonyl (C=O) groups is 2. The van der Waals surface area contributed by atoms with E-state index < -0.39 is 0 Å². The number of halogens is 1. The molecule has 2 amide bonds. The molecule has 1 fully saturated rings. The van der Waals surface area contributed by atoms with E-state index in [-0.39, 0.29) is 35.9 Å². The lowest BCUT2D eigenvalue weighted by Gasteiger charge is -2.32. The highest BCUT2D eigenvalue weighted by molar-refractivity contribution is 5.82. The molecule has 160 valence electrons. The van der Waals surface area contributed by atoms with Gasteiger partial charge in [-0.15, -0.1) is 0 Å². The molecule has 2 atom stereocenters. The summed E-state index contributed by atoms with van der Waals surface area (Å²) in [4.78, 5) is 27.3. The SMILES string of the molecule is CC(C)C(CNC(=O)C1CCCN(C(=O)Cc2ccc(F)cc2)C1)c1ccccc1. The highest BCUT2D eigenvalue weighted by Gasteiger charge is 2.29. The minimum atomic E-state index is -0.309. The second-order valence-corrected chi connectivity index (χ2v) is 8.49. The Morgan fingerprint density at radius 2 is 1.80 bits per heavy atom. The van der Waals surface area contributed by atoms with Crippen LogP contribution in [0.3, 0.4) is 0 Å².